The molecule has 0 fully saturated rings. The summed E-state index contributed by atoms with van der Waals surface area (Å²) >= 11 is 1.52. The van der Waals surface area contributed by atoms with Crippen LogP contribution in [0.5, 0.6) is 0 Å². The van der Waals surface area contributed by atoms with Crippen molar-refractivity contribution in [2.45, 2.75) is 12.8 Å². The van der Waals surface area contributed by atoms with Crippen LogP contribution in [0.25, 0.3) is 11.3 Å². The fraction of sp³-hybridized carbons (Fsp3) is 0.100. The van der Waals surface area contributed by atoms with Crippen molar-refractivity contribution < 1.29 is 13.8 Å². The highest BCUT2D eigenvalue weighted by Gasteiger charge is 2.16. The summed E-state index contributed by atoms with van der Waals surface area (Å²) in [6.45, 7) is 0. The number of carbonyl (C=O) groups excluding carboxylic acids is 1. The summed E-state index contributed by atoms with van der Waals surface area (Å²) in [5, 5.41) is 13.0. The van der Waals surface area contributed by atoms with Crippen molar-refractivity contribution in [1.82, 2.24) is 15.3 Å². The van der Waals surface area contributed by atoms with Crippen molar-refractivity contribution in [2.24, 2.45) is 0 Å². The normalized spacial score (nSPS) is 10.8. The first-order chi connectivity index (χ1) is 13.7. The van der Waals surface area contributed by atoms with Crippen molar-refractivity contribution in [3.05, 3.63) is 82.1 Å². The fourth-order valence-corrected chi connectivity index (χ4v) is 3.52. The van der Waals surface area contributed by atoms with Gasteiger partial charge in [0.25, 0.3) is 0 Å². The predicted octanol–water partition coefficient (Wildman–Crippen LogP) is 4.10. The summed E-state index contributed by atoms with van der Waals surface area (Å²) in [5.74, 6) is -0.451. The maximum Gasteiger partial charge on any atom is 0.231 e. The van der Waals surface area contributed by atoms with E-state index in [1.807, 2.05) is 35.7 Å². The third-order valence-corrected chi connectivity index (χ3v) is 4.90. The van der Waals surface area contributed by atoms with E-state index in [-0.39, 0.29) is 24.0 Å². The first-order valence-electron chi connectivity index (χ1n) is 8.53. The quantitative estimate of drug-likeness (QED) is 0.532. The lowest BCUT2D eigenvalue weighted by atomic mass is 10.1. The second kappa shape index (κ2) is 8.10. The van der Waals surface area contributed by atoms with Gasteiger partial charge in [0.1, 0.15) is 5.82 Å². The molecule has 8 heteroatoms. The lowest BCUT2D eigenvalue weighted by Gasteiger charge is -2.02. The van der Waals surface area contributed by atoms with E-state index in [0.29, 0.717) is 17.0 Å². The number of rotatable bonds is 6. The molecule has 1 N–H and O–H groups in total. The van der Waals surface area contributed by atoms with Gasteiger partial charge in [0.05, 0.1) is 17.1 Å². The van der Waals surface area contributed by atoms with Crippen molar-refractivity contribution in [3.8, 4) is 11.3 Å². The number of carbonyl (C=O) groups is 1. The molecule has 2 heterocycles. The molecular weight excluding hydrogens is 379 g/mol. The molecule has 1 amide bonds. The maximum atomic E-state index is 13.1. The molecule has 0 aliphatic rings. The Morgan fingerprint density at radius 1 is 1.07 bits per heavy atom. The van der Waals surface area contributed by atoms with Crippen LogP contribution in [0.2, 0.25) is 0 Å². The van der Waals surface area contributed by atoms with Crippen molar-refractivity contribution in [1.29, 1.82) is 0 Å². The molecule has 28 heavy (non-hydrogen) atoms. The van der Waals surface area contributed by atoms with Gasteiger partial charge < -0.3 is 5.32 Å². The lowest BCUT2D eigenvalue weighted by Crippen LogP contribution is -2.15. The zero-order chi connectivity index (χ0) is 19.3. The zero-order valence-electron chi connectivity index (χ0n) is 14.6. The Hall–Kier alpha value is -3.39. The molecule has 6 nitrogen and oxygen atoms in total. The molecular formula is C20H15FN4O2S. The number of thiazole rings is 1. The van der Waals surface area contributed by atoms with Gasteiger partial charge in [0.15, 0.2) is 5.69 Å². The Bertz CT molecular complexity index is 1080. The van der Waals surface area contributed by atoms with Gasteiger partial charge in [0, 0.05) is 17.4 Å². The number of anilines is 1. The number of halogens is 1. The van der Waals surface area contributed by atoms with Crippen molar-refractivity contribution in [3.63, 3.8) is 0 Å². The average molecular weight is 394 g/mol. The summed E-state index contributed by atoms with van der Waals surface area (Å²) in [7, 11) is 0. The second-order valence-electron chi connectivity index (χ2n) is 6.09. The summed E-state index contributed by atoms with van der Waals surface area (Å²) in [6, 6.07) is 15.7. The molecule has 4 aromatic rings. The maximum absolute atomic E-state index is 13.1. The van der Waals surface area contributed by atoms with Gasteiger partial charge in [-0.15, -0.1) is 11.3 Å². The summed E-state index contributed by atoms with van der Waals surface area (Å²) in [5.41, 5.74) is 2.80. The minimum absolute atomic E-state index is 0.112. The molecule has 4 rings (SSSR count). The summed E-state index contributed by atoms with van der Waals surface area (Å²) in [4.78, 5) is 16.9. The van der Waals surface area contributed by atoms with Crippen LogP contribution < -0.4 is 5.32 Å². The Morgan fingerprint density at radius 2 is 1.86 bits per heavy atom. The van der Waals surface area contributed by atoms with Crippen LogP contribution in [0.1, 0.15) is 16.3 Å². The Morgan fingerprint density at radius 3 is 2.64 bits per heavy atom. The van der Waals surface area contributed by atoms with Gasteiger partial charge in [-0.3, -0.25) is 4.79 Å². The van der Waals surface area contributed by atoms with Crippen molar-refractivity contribution >= 4 is 23.1 Å². The van der Waals surface area contributed by atoms with Gasteiger partial charge in [-0.2, -0.15) is 0 Å². The molecule has 0 bridgehead atoms. The van der Waals surface area contributed by atoms with Gasteiger partial charge in [-0.25, -0.2) is 14.0 Å². The smallest absolute Gasteiger partial charge is 0.231 e. The summed E-state index contributed by atoms with van der Waals surface area (Å²) in [6.07, 6.45) is 0.843. The van der Waals surface area contributed by atoms with E-state index in [9.17, 15) is 9.18 Å². The third-order valence-electron chi connectivity index (χ3n) is 4.00. The number of hydrogen-bond acceptors (Lipinski definition) is 6. The average Bonchev–Trinajstić information content (AvgIpc) is 3.33. The Kier molecular flexibility index (Phi) is 5.20. The van der Waals surface area contributed by atoms with Crippen LogP contribution in [0.3, 0.4) is 0 Å². The largest absolute Gasteiger partial charge is 0.306 e. The predicted molar refractivity (Wildman–Crippen MR) is 103 cm³/mol. The first kappa shape index (κ1) is 18.0. The molecule has 0 unspecified atom stereocenters. The Balaban J connectivity index is 1.40. The number of nitrogens with zero attached hydrogens (tertiary/aromatic N) is 3. The van der Waals surface area contributed by atoms with Crippen LogP contribution >= 0.6 is 11.3 Å². The number of amides is 1. The molecule has 0 saturated heterocycles. The molecule has 2 aromatic heterocycles. The highest BCUT2D eigenvalue weighted by Crippen LogP contribution is 2.24. The van der Waals surface area contributed by atoms with E-state index in [4.69, 9.17) is 4.63 Å². The third kappa shape index (κ3) is 4.29. The van der Waals surface area contributed by atoms with E-state index < -0.39 is 0 Å². The molecule has 0 spiro atoms. The molecule has 0 saturated carbocycles. The van der Waals surface area contributed by atoms with Crippen LogP contribution in [-0.2, 0) is 17.6 Å². The van der Waals surface area contributed by atoms with Crippen LogP contribution in [0, 0.1) is 5.82 Å². The summed E-state index contributed by atoms with van der Waals surface area (Å²) < 4.78 is 17.8. The molecule has 2 aromatic carbocycles. The number of hydrogen-bond donors (Lipinski definition) is 1. The molecule has 0 radical (unpaired) electrons. The number of benzene rings is 2. The van der Waals surface area contributed by atoms with E-state index >= 15 is 0 Å². The van der Waals surface area contributed by atoms with Crippen molar-refractivity contribution in [2.75, 3.05) is 5.32 Å². The second-order valence-corrected chi connectivity index (χ2v) is 7.03. The minimum atomic E-state index is -0.361. The van der Waals surface area contributed by atoms with Crippen LogP contribution in [-0.4, -0.2) is 21.2 Å². The zero-order valence-corrected chi connectivity index (χ0v) is 15.4. The molecule has 0 aliphatic heterocycles. The highest BCUT2D eigenvalue weighted by atomic mass is 32.1. The van der Waals surface area contributed by atoms with Gasteiger partial charge >= 0.3 is 0 Å². The number of aromatic nitrogens is 3. The van der Waals surface area contributed by atoms with Crippen LogP contribution in [0.15, 0.2) is 64.6 Å². The highest BCUT2D eigenvalue weighted by molar-refractivity contribution is 7.09. The monoisotopic (exact) mass is 394 g/mol. The Labute approximate surface area is 164 Å². The minimum Gasteiger partial charge on any atom is -0.306 e. The fourth-order valence-electron chi connectivity index (χ4n) is 2.69. The molecule has 140 valence electrons. The van der Waals surface area contributed by atoms with Crippen LogP contribution in [0.4, 0.5) is 10.2 Å². The van der Waals surface area contributed by atoms with E-state index in [0.717, 1.165) is 11.4 Å². The molecule has 0 aliphatic carbocycles. The standard InChI is InChI=1S/C20H15FN4O2S/c21-15-8-6-14(7-9-15)19-20(25-27-24-19)23-17(26)11-16-12-28-18(22-16)10-13-4-2-1-3-5-13/h1-9,12H,10-11H2,(H,23,25,26). The first-order valence-corrected chi connectivity index (χ1v) is 9.41. The van der Waals surface area contributed by atoms with E-state index in [1.165, 1.54) is 29.0 Å². The van der Waals surface area contributed by atoms with E-state index in [2.05, 4.69) is 20.6 Å². The number of nitrogens with one attached hydrogen (secondary N) is 1. The SMILES string of the molecule is O=C(Cc1csc(Cc2ccccc2)n1)Nc1nonc1-c1ccc(F)cc1. The van der Waals surface area contributed by atoms with Gasteiger partial charge in [0.2, 0.25) is 11.7 Å². The molecule has 0 atom stereocenters. The lowest BCUT2D eigenvalue weighted by molar-refractivity contribution is -0.115. The van der Waals surface area contributed by atoms with Gasteiger partial charge in [-0.1, -0.05) is 30.3 Å². The van der Waals surface area contributed by atoms with Gasteiger partial charge in [-0.05, 0) is 40.1 Å². The van der Waals surface area contributed by atoms with E-state index in [1.54, 1.807) is 12.1 Å². The topological polar surface area (TPSA) is 80.9 Å².